The first kappa shape index (κ1) is 15.1. The zero-order chi connectivity index (χ0) is 16.8. The Hall–Kier alpha value is -2.80. The van der Waals surface area contributed by atoms with Crippen LogP contribution in [0.25, 0.3) is 22.1 Å². The number of hydrogen-bond acceptors (Lipinski definition) is 5. The molecule has 0 aliphatic heterocycles. The first-order valence-electron chi connectivity index (χ1n) is 6.71. The highest BCUT2D eigenvalue weighted by atomic mass is 32.2. The average Bonchev–Trinajstić information content (AvgIpc) is 2.89. The van der Waals surface area contributed by atoms with Gasteiger partial charge in [0, 0.05) is 11.8 Å². The normalized spacial score (nSPS) is 11.7. The molecule has 3 aromatic rings. The fourth-order valence-corrected chi connectivity index (χ4v) is 3.36. The molecule has 0 saturated heterocycles. The fourth-order valence-electron chi connectivity index (χ4n) is 2.55. The van der Waals surface area contributed by atoms with E-state index in [1.54, 1.807) is 12.1 Å². The third-order valence-electron chi connectivity index (χ3n) is 3.53. The van der Waals surface area contributed by atoms with Crippen LogP contribution in [0, 0.1) is 0 Å². The predicted octanol–water partition coefficient (Wildman–Crippen LogP) is 2.18. The van der Waals surface area contributed by atoms with Gasteiger partial charge in [0.2, 0.25) is 14.9 Å². The first-order chi connectivity index (χ1) is 10.8. The summed E-state index contributed by atoms with van der Waals surface area (Å²) in [6, 6.07) is 12.6. The SMILES string of the molecule is CS(=O)(=O)c1oc2ccc(-c3ccccc3)c(N)c2c1C(N)=O. The lowest BCUT2D eigenvalue weighted by Gasteiger charge is -2.07. The topological polar surface area (TPSA) is 116 Å². The zero-order valence-electron chi connectivity index (χ0n) is 12.2. The van der Waals surface area contributed by atoms with E-state index in [1.807, 2.05) is 30.3 Å². The molecular formula is C16H14N2O4S. The first-order valence-corrected chi connectivity index (χ1v) is 8.60. The van der Waals surface area contributed by atoms with Gasteiger partial charge in [-0.1, -0.05) is 30.3 Å². The smallest absolute Gasteiger partial charge is 0.254 e. The van der Waals surface area contributed by atoms with E-state index in [1.165, 1.54) is 0 Å². The summed E-state index contributed by atoms with van der Waals surface area (Å²) >= 11 is 0. The van der Waals surface area contributed by atoms with Crippen LogP contribution >= 0.6 is 0 Å². The molecule has 1 amide bonds. The molecule has 4 N–H and O–H groups in total. The Morgan fingerprint density at radius 3 is 2.30 bits per heavy atom. The summed E-state index contributed by atoms with van der Waals surface area (Å²) in [4.78, 5) is 11.8. The lowest BCUT2D eigenvalue weighted by molar-refractivity contribution is 0.0996. The summed E-state index contributed by atoms with van der Waals surface area (Å²) in [6.07, 6.45) is 0.950. The maximum absolute atomic E-state index is 11.9. The number of rotatable bonds is 3. The molecule has 3 rings (SSSR count). The number of primary amides is 1. The van der Waals surface area contributed by atoms with Gasteiger partial charge in [-0.2, -0.15) is 0 Å². The van der Waals surface area contributed by atoms with Gasteiger partial charge in [0.25, 0.3) is 5.91 Å². The Balaban J connectivity index is 2.42. The lowest BCUT2D eigenvalue weighted by atomic mass is 10.00. The van der Waals surface area contributed by atoms with Crippen molar-refractivity contribution in [1.29, 1.82) is 0 Å². The number of nitrogens with two attached hydrogens (primary N) is 2. The Morgan fingerprint density at radius 1 is 1.09 bits per heavy atom. The molecule has 7 heteroatoms. The second-order valence-electron chi connectivity index (χ2n) is 5.17. The van der Waals surface area contributed by atoms with E-state index in [4.69, 9.17) is 15.9 Å². The number of carbonyl (C=O) groups excluding carboxylic acids is 1. The van der Waals surface area contributed by atoms with Crippen molar-refractivity contribution in [2.75, 3.05) is 12.0 Å². The Labute approximate surface area is 132 Å². The molecule has 0 bridgehead atoms. The van der Waals surface area contributed by atoms with Crippen molar-refractivity contribution in [1.82, 2.24) is 0 Å². The molecule has 0 aliphatic rings. The Kier molecular flexibility index (Phi) is 3.37. The van der Waals surface area contributed by atoms with E-state index in [0.717, 1.165) is 11.8 Å². The molecule has 2 aromatic carbocycles. The van der Waals surface area contributed by atoms with Crippen molar-refractivity contribution >= 4 is 32.4 Å². The molecule has 0 unspecified atom stereocenters. The Bertz CT molecular complexity index is 1020. The molecule has 0 aliphatic carbocycles. The minimum atomic E-state index is -3.76. The number of benzene rings is 2. The molecule has 0 radical (unpaired) electrons. The summed E-state index contributed by atoms with van der Waals surface area (Å²) in [6.45, 7) is 0. The minimum Gasteiger partial charge on any atom is -0.444 e. The third kappa shape index (κ3) is 2.44. The molecule has 118 valence electrons. The number of sulfone groups is 1. The summed E-state index contributed by atoms with van der Waals surface area (Å²) in [7, 11) is -3.76. The molecule has 0 fully saturated rings. The van der Waals surface area contributed by atoms with Gasteiger partial charge in [-0.15, -0.1) is 0 Å². The van der Waals surface area contributed by atoms with Crippen LogP contribution in [-0.4, -0.2) is 20.6 Å². The van der Waals surface area contributed by atoms with Crippen LogP contribution < -0.4 is 11.5 Å². The van der Waals surface area contributed by atoms with Crippen molar-refractivity contribution in [2.45, 2.75) is 5.09 Å². The molecule has 23 heavy (non-hydrogen) atoms. The average molecular weight is 330 g/mol. The molecule has 0 atom stereocenters. The summed E-state index contributed by atoms with van der Waals surface area (Å²) in [5.74, 6) is -0.902. The summed E-state index contributed by atoms with van der Waals surface area (Å²) in [5, 5.41) is -0.240. The second-order valence-corrected chi connectivity index (χ2v) is 7.08. The van der Waals surface area contributed by atoms with E-state index < -0.39 is 20.8 Å². The number of anilines is 1. The van der Waals surface area contributed by atoms with Gasteiger partial charge in [0.15, 0.2) is 0 Å². The molecular weight excluding hydrogens is 316 g/mol. The second kappa shape index (κ2) is 5.13. The van der Waals surface area contributed by atoms with E-state index in [2.05, 4.69) is 0 Å². The highest BCUT2D eigenvalue weighted by Gasteiger charge is 2.28. The maximum atomic E-state index is 11.9. The highest BCUT2D eigenvalue weighted by Crippen LogP contribution is 2.38. The third-order valence-corrected chi connectivity index (χ3v) is 4.49. The quantitative estimate of drug-likeness (QED) is 0.714. The molecule has 0 spiro atoms. The van der Waals surface area contributed by atoms with E-state index >= 15 is 0 Å². The summed E-state index contributed by atoms with van der Waals surface area (Å²) < 4.78 is 29.0. The molecule has 0 saturated carbocycles. The number of amides is 1. The van der Waals surface area contributed by atoms with Crippen LogP contribution in [0.4, 0.5) is 5.69 Å². The van der Waals surface area contributed by atoms with Crippen molar-refractivity contribution in [3.05, 3.63) is 48.0 Å². The zero-order valence-corrected chi connectivity index (χ0v) is 13.1. The predicted molar refractivity (Wildman–Crippen MR) is 87.7 cm³/mol. The van der Waals surface area contributed by atoms with Crippen LogP contribution in [0.2, 0.25) is 0 Å². The van der Waals surface area contributed by atoms with Crippen molar-refractivity contribution in [3.63, 3.8) is 0 Å². The van der Waals surface area contributed by atoms with Crippen LogP contribution in [0.5, 0.6) is 0 Å². The van der Waals surface area contributed by atoms with Crippen LogP contribution in [0.3, 0.4) is 0 Å². The molecule has 1 aromatic heterocycles. The van der Waals surface area contributed by atoms with Gasteiger partial charge in [-0.3, -0.25) is 4.79 Å². The van der Waals surface area contributed by atoms with E-state index in [0.29, 0.717) is 5.56 Å². The number of carbonyl (C=O) groups is 1. The van der Waals surface area contributed by atoms with Gasteiger partial charge in [-0.05, 0) is 17.7 Å². The molecule has 6 nitrogen and oxygen atoms in total. The van der Waals surface area contributed by atoms with Gasteiger partial charge in [0.1, 0.15) is 11.1 Å². The minimum absolute atomic E-state index is 0.205. The van der Waals surface area contributed by atoms with E-state index in [9.17, 15) is 13.2 Å². The monoisotopic (exact) mass is 330 g/mol. The van der Waals surface area contributed by atoms with Crippen LogP contribution in [0.15, 0.2) is 52.0 Å². The maximum Gasteiger partial charge on any atom is 0.254 e. The lowest BCUT2D eigenvalue weighted by Crippen LogP contribution is -2.14. The van der Waals surface area contributed by atoms with Gasteiger partial charge in [-0.25, -0.2) is 8.42 Å². The van der Waals surface area contributed by atoms with Gasteiger partial charge >= 0.3 is 0 Å². The van der Waals surface area contributed by atoms with Crippen LogP contribution in [-0.2, 0) is 9.84 Å². The summed E-state index contributed by atoms with van der Waals surface area (Å²) in [5.41, 5.74) is 13.3. The van der Waals surface area contributed by atoms with Crippen molar-refractivity contribution in [2.24, 2.45) is 5.73 Å². The van der Waals surface area contributed by atoms with Gasteiger partial charge in [0.05, 0.1) is 11.1 Å². The number of nitrogen functional groups attached to an aromatic ring is 1. The van der Waals surface area contributed by atoms with Gasteiger partial charge < -0.3 is 15.9 Å². The molecule has 1 heterocycles. The number of fused-ring (bicyclic) bond motifs is 1. The van der Waals surface area contributed by atoms with Crippen molar-refractivity contribution in [3.8, 4) is 11.1 Å². The Morgan fingerprint density at radius 2 is 1.74 bits per heavy atom. The van der Waals surface area contributed by atoms with Crippen LogP contribution in [0.1, 0.15) is 10.4 Å². The number of furan rings is 1. The highest BCUT2D eigenvalue weighted by molar-refractivity contribution is 7.90. The van der Waals surface area contributed by atoms with E-state index in [-0.39, 0.29) is 22.2 Å². The fraction of sp³-hybridized carbons (Fsp3) is 0.0625. The largest absolute Gasteiger partial charge is 0.444 e. The number of hydrogen-bond donors (Lipinski definition) is 2. The van der Waals surface area contributed by atoms with Crippen molar-refractivity contribution < 1.29 is 17.6 Å². The standard InChI is InChI=1S/C16H14N2O4S/c1-23(20,21)16-13(15(18)19)12-11(22-16)8-7-10(14(12)17)9-5-3-2-4-6-9/h2-8H,17H2,1H3,(H2,18,19).